The largest absolute Gasteiger partial charge is 0.341 e. The van der Waals surface area contributed by atoms with Gasteiger partial charge in [0, 0.05) is 24.7 Å². The first-order valence-corrected chi connectivity index (χ1v) is 8.29. The van der Waals surface area contributed by atoms with E-state index in [1.54, 1.807) is 16.7 Å². The average Bonchev–Trinajstić information content (AvgIpc) is 2.56. The zero-order valence-electron chi connectivity index (χ0n) is 14.0. The fraction of sp³-hybridized carbons (Fsp3) is 0.421. The second-order valence-electron chi connectivity index (χ2n) is 6.87. The Hall–Kier alpha value is -2.61. The van der Waals surface area contributed by atoms with Crippen LogP contribution in [0.4, 0.5) is 0 Å². The average molecular weight is 323 g/mol. The van der Waals surface area contributed by atoms with Crippen LogP contribution in [-0.4, -0.2) is 28.5 Å². The number of carbonyl (C=O) groups excluding carboxylic acids is 1. The second-order valence-corrected chi connectivity index (χ2v) is 6.87. The molecule has 0 spiro atoms. The highest BCUT2D eigenvalue weighted by Gasteiger charge is 2.25. The van der Waals surface area contributed by atoms with Gasteiger partial charge >= 0.3 is 0 Å². The van der Waals surface area contributed by atoms with Gasteiger partial charge in [0.15, 0.2) is 0 Å². The molecule has 2 heterocycles. The SMILES string of the molecule is CC1CC(C)CN(C(=O)Cn2cc(C#N)c(=O)c3ccccc32)C1. The summed E-state index contributed by atoms with van der Waals surface area (Å²) in [5.74, 6) is 1.03. The first-order valence-electron chi connectivity index (χ1n) is 8.29. The molecule has 2 atom stereocenters. The number of hydrogen-bond acceptors (Lipinski definition) is 3. The lowest BCUT2D eigenvalue weighted by molar-refractivity contribution is -0.134. The number of nitrogens with zero attached hydrogens (tertiary/aromatic N) is 3. The molecule has 1 aromatic carbocycles. The van der Waals surface area contributed by atoms with Gasteiger partial charge in [-0.25, -0.2) is 0 Å². The van der Waals surface area contributed by atoms with E-state index in [0.717, 1.165) is 19.5 Å². The van der Waals surface area contributed by atoms with Crippen molar-refractivity contribution < 1.29 is 4.79 Å². The fourth-order valence-corrected chi connectivity index (χ4v) is 3.67. The van der Waals surface area contributed by atoms with E-state index in [1.807, 2.05) is 23.1 Å². The zero-order chi connectivity index (χ0) is 17.3. The van der Waals surface area contributed by atoms with Crippen molar-refractivity contribution >= 4 is 16.8 Å². The number of para-hydroxylation sites is 1. The van der Waals surface area contributed by atoms with Crippen LogP contribution in [0, 0.1) is 23.2 Å². The van der Waals surface area contributed by atoms with Gasteiger partial charge in [-0.15, -0.1) is 0 Å². The van der Waals surface area contributed by atoms with Gasteiger partial charge in [0.2, 0.25) is 11.3 Å². The first-order chi connectivity index (χ1) is 11.5. The van der Waals surface area contributed by atoms with Crippen LogP contribution < -0.4 is 5.43 Å². The van der Waals surface area contributed by atoms with Crippen molar-refractivity contribution in [2.24, 2.45) is 11.8 Å². The molecule has 0 aliphatic carbocycles. The second kappa shape index (κ2) is 6.48. The maximum Gasteiger partial charge on any atom is 0.242 e. The van der Waals surface area contributed by atoms with Crippen LogP contribution in [0.5, 0.6) is 0 Å². The quantitative estimate of drug-likeness (QED) is 0.852. The summed E-state index contributed by atoms with van der Waals surface area (Å²) in [6.45, 7) is 6.02. The van der Waals surface area contributed by atoms with Gasteiger partial charge in [-0.05, 0) is 30.4 Å². The van der Waals surface area contributed by atoms with Gasteiger partial charge < -0.3 is 9.47 Å². The molecular weight excluding hydrogens is 302 g/mol. The molecule has 2 unspecified atom stereocenters. The number of aromatic nitrogens is 1. The van der Waals surface area contributed by atoms with Crippen molar-refractivity contribution in [3.8, 4) is 6.07 Å². The number of pyridine rings is 1. The predicted molar refractivity (Wildman–Crippen MR) is 92.4 cm³/mol. The van der Waals surface area contributed by atoms with Gasteiger partial charge in [0.05, 0.1) is 5.52 Å². The molecule has 124 valence electrons. The highest BCUT2D eigenvalue weighted by molar-refractivity contribution is 5.83. The number of carbonyl (C=O) groups is 1. The van der Waals surface area contributed by atoms with E-state index < -0.39 is 0 Å². The standard InChI is InChI=1S/C19H21N3O2/c1-13-7-14(2)10-22(9-13)18(23)12-21-11-15(8-20)19(24)16-5-3-4-6-17(16)21/h3-6,11,13-14H,7,9-10,12H2,1-2H3. The molecule has 0 saturated carbocycles. The summed E-state index contributed by atoms with van der Waals surface area (Å²) in [5.41, 5.74) is 0.479. The highest BCUT2D eigenvalue weighted by atomic mass is 16.2. The topological polar surface area (TPSA) is 66.1 Å². The Labute approximate surface area is 141 Å². The molecule has 3 rings (SSSR count). The van der Waals surface area contributed by atoms with Crippen molar-refractivity contribution in [1.29, 1.82) is 5.26 Å². The van der Waals surface area contributed by atoms with E-state index in [-0.39, 0.29) is 23.4 Å². The summed E-state index contributed by atoms with van der Waals surface area (Å²) in [6.07, 6.45) is 2.64. The number of fused-ring (bicyclic) bond motifs is 1. The molecule has 1 aliphatic heterocycles. The fourth-order valence-electron chi connectivity index (χ4n) is 3.67. The Kier molecular flexibility index (Phi) is 4.39. The van der Waals surface area contributed by atoms with Gasteiger partial charge in [0.25, 0.3) is 0 Å². The maximum atomic E-state index is 12.7. The number of piperidine rings is 1. The Morgan fingerprint density at radius 1 is 1.25 bits per heavy atom. The van der Waals surface area contributed by atoms with Gasteiger partial charge in [0.1, 0.15) is 18.2 Å². The smallest absolute Gasteiger partial charge is 0.242 e. The Morgan fingerprint density at radius 2 is 1.92 bits per heavy atom. The maximum absolute atomic E-state index is 12.7. The summed E-state index contributed by atoms with van der Waals surface area (Å²) in [6, 6.07) is 9.05. The number of benzene rings is 1. The third kappa shape index (κ3) is 3.05. The Balaban J connectivity index is 1.95. The molecule has 1 aromatic heterocycles. The third-order valence-electron chi connectivity index (χ3n) is 4.64. The van der Waals surface area contributed by atoms with E-state index in [0.29, 0.717) is 22.7 Å². The molecule has 5 nitrogen and oxygen atoms in total. The van der Waals surface area contributed by atoms with Gasteiger partial charge in [-0.3, -0.25) is 9.59 Å². The van der Waals surface area contributed by atoms with Crippen molar-refractivity contribution in [2.45, 2.75) is 26.8 Å². The molecule has 0 radical (unpaired) electrons. The molecular formula is C19H21N3O2. The minimum Gasteiger partial charge on any atom is -0.341 e. The van der Waals surface area contributed by atoms with Crippen molar-refractivity contribution in [3.05, 3.63) is 46.2 Å². The van der Waals surface area contributed by atoms with E-state index >= 15 is 0 Å². The molecule has 0 bridgehead atoms. The van der Waals surface area contributed by atoms with Crippen LogP contribution in [0.15, 0.2) is 35.3 Å². The van der Waals surface area contributed by atoms with Gasteiger partial charge in [-0.2, -0.15) is 5.26 Å². The molecule has 1 aliphatic rings. The van der Waals surface area contributed by atoms with Gasteiger partial charge in [-0.1, -0.05) is 26.0 Å². The van der Waals surface area contributed by atoms with Crippen LogP contribution in [-0.2, 0) is 11.3 Å². The van der Waals surface area contributed by atoms with Crippen LogP contribution in [0.1, 0.15) is 25.8 Å². The summed E-state index contributed by atoms with van der Waals surface area (Å²) in [7, 11) is 0. The summed E-state index contributed by atoms with van der Waals surface area (Å²) in [5, 5.41) is 9.67. The molecule has 1 saturated heterocycles. The van der Waals surface area contributed by atoms with Crippen molar-refractivity contribution in [2.75, 3.05) is 13.1 Å². The number of amides is 1. The summed E-state index contributed by atoms with van der Waals surface area (Å²) < 4.78 is 1.72. The van der Waals surface area contributed by atoms with Crippen LogP contribution in [0.2, 0.25) is 0 Å². The van der Waals surface area contributed by atoms with Crippen LogP contribution in [0.25, 0.3) is 10.9 Å². The first kappa shape index (κ1) is 16.3. The zero-order valence-corrected chi connectivity index (χ0v) is 14.0. The summed E-state index contributed by atoms with van der Waals surface area (Å²) in [4.78, 5) is 26.9. The minimum atomic E-state index is -0.281. The monoisotopic (exact) mass is 323 g/mol. The number of nitriles is 1. The van der Waals surface area contributed by atoms with Crippen LogP contribution in [0.3, 0.4) is 0 Å². The molecule has 1 fully saturated rings. The number of likely N-dealkylation sites (tertiary alicyclic amines) is 1. The summed E-state index contributed by atoms with van der Waals surface area (Å²) >= 11 is 0. The lowest BCUT2D eigenvalue weighted by Crippen LogP contribution is -2.44. The van der Waals surface area contributed by atoms with E-state index in [1.165, 1.54) is 6.20 Å². The van der Waals surface area contributed by atoms with E-state index in [9.17, 15) is 14.9 Å². The predicted octanol–water partition coefficient (Wildman–Crippen LogP) is 2.38. The normalized spacial score (nSPS) is 20.8. The molecule has 1 amide bonds. The van der Waals surface area contributed by atoms with E-state index in [2.05, 4.69) is 13.8 Å². The minimum absolute atomic E-state index is 0.0334. The van der Waals surface area contributed by atoms with Crippen LogP contribution >= 0.6 is 0 Å². The molecule has 2 aromatic rings. The highest BCUT2D eigenvalue weighted by Crippen LogP contribution is 2.21. The third-order valence-corrected chi connectivity index (χ3v) is 4.64. The lowest BCUT2D eigenvalue weighted by Gasteiger charge is -2.35. The van der Waals surface area contributed by atoms with Crippen molar-refractivity contribution in [3.63, 3.8) is 0 Å². The van der Waals surface area contributed by atoms with E-state index in [4.69, 9.17) is 0 Å². The van der Waals surface area contributed by atoms with Crippen molar-refractivity contribution in [1.82, 2.24) is 9.47 Å². The lowest BCUT2D eigenvalue weighted by atomic mass is 9.92. The molecule has 5 heteroatoms. The number of hydrogen-bond donors (Lipinski definition) is 0. The Morgan fingerprint density at radius 3 is 2.58 bits per heavy atom. The Bertz CT molecular complexity index is 868. The number of rotatable bonds is 2. The molecule has 0 N–H and O–H groups in total. The molecule has 24 heavy (non-hydrogen) atoms.